The van der Waals surface area contributed by atoms with Gasteiger partial charge in [-0.3, -0.25) is 4.99 Å². The average Bonchev–Trinajstić information content (AvgIpc) is 3.42. The van der Waals surface area contributed by atoms with Crippen LogP contribution >= 0.6 is 24.0 Å². The second-order valence-electron chi connectivity index (χ2n) is 7.20. The third kappa shape index (κ3) is 6.41. The van der Waals surface area contributed by atoms with Gasteiger partial charge in [0, 0.05) is 32.7 Å². The summed E-state index contributed by atoms with van der Waals surface area (Å²) in [6.07, 6.45) is 5.01. The Morgan fingerprint density at radius 1 is 1.15 bits per heavy atom. The van der Waals surface area contributed by atoms with Crippen LogP contribution in [-0.2, 0) is 6.42 Å². The van der Waals surface area contributed by atoms with Crippen molar-refractivity contribution in [2.75, 3.05) is 47.4 Å². The molecule has 1 heterocycles. The molecular weight excluding hydrogens is 455 g/mol. The summed E-state index contributed by atoms with van der Waals surface area (Å²) < 4.78 is 10.7. The number of rotatable bonds is 8. The molecule has 27 heavy (non-hydrogen) atoms. The predicted molar refractivity (Wildman–Crippen MR) is 121 cm³/mol. The molecule has 2 aliphatic rings. The lowest BCUT2D eigenvalue weighted by atomic mass is 10.1. The Kier molecular flexibility index (Phi) is 8.95. The standard InChI is InChI=1S/C20H32N4O2.HI/c1-21-20(23-13-16-9-11-24(14-16)17-5-6-17)22-10-8-15-4-7-18(25-2)19(12-15)26-3;/h4,7,12,16-17H,5-6,8-11,13-14H2,1-3H3,(H2,21,22,23);1H. The largest absolute Gasteiger partial charge is 0.493 e. The van der Waals surface area contributed by atoms with E-state index < -0.39 is 0 Å². The Bertz CT molecular complexity index is 622. The van der Waals surface area contributed by atoms with E-state index in [1.54, 1.807) is 14.2 Å². The molecule has 1 unspecified atom stereocenters. The summed E-state index contributed by atoms with van der Waals surface area (Å²) in [5, 5.41) is 6.89. The Morgan fingerprint density at radius 3 is 2.59 bits per heavy atom. The van der Waals surface area contributed by atoms with Crippen LogP contribution in [0.5, 0.6) is 11.5 Å². The lowest BCUT2D eigenvalue weighted by molar-refractivity contribution is 0.314. The van der Waals surface area contributed by atoms with Gasteiger partial charge < -0.3 is 25.0 Å². The van der Waals surface area contributed by atoms with Crippen molar-refractivity contribution in [2.45, 2.75) is 31.7 Å². The normalized spacial score (nSPS) is 20.1. The number of nitrogens with one attached hydrogen (secondary N) is 2. The zero-order valence-corrected chi connectivity index (χ0v) is 19.0. The van der Waals surface area contributed by atoms with E-state index in [4.69, 9.17) is 9.47 Å². The second kappa shape index (κ2) is 10.9. The summed E-state index contributed by atoms with van der Waals surface area (Å²) in [5.41, 5.74) is 1.21. The molecule has 2 N–H and O–H groups in total. The highest BCUT2D eigenvalue weighted by atomic mass is 127. The molecule has 0 radical (unpaired) electrons. The first-order valence-corrected chi connectivity index (χ1v) is 9.63. The number of aliphatic imine (C=N–C) groups is 1. The number of hydrogen-bond acceptors (Lipinski definition) is 4. The van der Waals surface area contributed by atoms with Gasteiger partial charge in [0.1, 0.15) is 0 Å². The summed E-state index contributed by atoms with van der Waals surface area (Å²) in [5.74, 6) is 3.16. The number of methoxy groups -OCH3 is 2. The SMILES string of the molecule is CN=C(NCCc1ccc(OC)c(OC)c1)NCC1CCN(C2CC2)C1.I. The predicted octanol–water partition coefficient (Wildman–Crippen LogP) is 2.51. The van der Waals surface area contributed by atoms with Crippen molar-refractivity contribution in [3.8, 4) is 11.5 Å². The van der Waals surface area contributed by atoms with E-state index in [0.29, 0.717) is 0 Å². The summed E-state index contributed by atoms with van der Waals surface area (Å²) in [4.78, 5) is 7.00. The minimum absolute atomic E-state index is 0. The van der Waals surface area contributed by atoms with Gasteiger partial charge in [0.25, 0.3) is 0 Å². The number of halogens is 1. The molecular formula is C20H33IN4O2. The summed E-state index contributed by atoms with van der Waals surface area (Å²) >= 11 is 0. The molecule has 0 aromatic heterocycles. The molecule has 1 aliphatic heterocycles. The zero-order chi connectivity index (χ0) is 18.4. The molecule has 3 rings (SSSR count). The van der Waals surface area contributed by atoms with Gasteiger partial charge in [-0.15, -0.1) is 24.0 Å². The van der Waals surface area contributed by atoms with E-state index in [1.165, 1.54) is 37.9 Å². The molecule has 7 heteroatoms. The molecule has 1 aliphatic carbocycles. The van der Waals surface area contributed by atoms with E-state index in [9.17, 15) is 0 Å². The highest BCUT2D eigenvalue weighted by Gasteiger charge is 2.34. The summed E-state index contributed by atoms with van der Waals surface area (Å²) in [6, 6.07) is 6.94. The highest BCUT2D eigenvalue weighted by molar-refractivity contribution is 14.0. The maximum absolute atomic E-state index is 5.37. The summed E-state index contributed by atoms with van der Waals surface area (Å²) in [6.45, 7) is 4.33. The van der Waals surface area contributed by atoms with Crippen LogP contribution in [0.2, 0.25) is 0 Å². The van der Waals surface area contributed by atoms with Crippen molar-refractivity contribution in [2.24, 2.45) is 10.9 Å². The van der Waals surface area contributed by atoms with Crippen LogP contribution in [0.1, 0.15) is 24.8 Å². The zero-order valence-electron chi connectivity index (χ0n) is 16.7. The van der Waals surface area contributed by atoms with Gasteiger partial charge in [0.05, 0.1) is 14.2 Å². The molecule has 1 aromatic rings. The molecule has 1 atom stereocenters. The van der Waals surface area contributed by atoms with Crippen molar-refractivity contribution in [1.82, 2.24) is 15.5 Å². The fraction of sp³-hybridized carbons (Fsp3) is 0.650. The van der Waals surface area contributed by atoms with Crippen molar-refractivity contribution in [3.63, 3.8) is 0 Å². The summed E-state index contributed by atoms with van der Waals surface area (Å²) in [7, 11) is 5.15. The Hall–Kier alpha value is -1.22. The van der Waals surface area contributed by atoms with Crippen LogP contribution in [0.3, 0.4) is 0 Å². The van der Waals surface area contributed by atoms with Crippen molar-refractivity contribution >= 4 is 29.9 Å². The van der Waals surface area contributed by atoms with Gasteiger partial charge in [-0.05, 0) is 55.8 Å². The first-order valence-electron chi connectivity index (χ1n) is 9.63. The van der Waals surface area contributed by atoms with Crippen LogP contribution in [-0.4, -0.2) is 64.3 Å². The number of likely N-dealkylation sites (tertiary alicyclic amines) is 1. The third-order valence-electron chi connectivity index (χ3n) is 5.32. The highest BCUT2D eigenvalue weighted by Crippen LogP contribution is 2.31. The molecule has 2 fully saturated rings. The van der Waals surface area contributed by atoms with Crippen LogP contribution in [0.25, 0.3) is 0 Å². The first-order chi connectivity index (χ1) is 12.7. The smallest absolute Gasteiger partial charge is 0.190 e. The van der Waals surface area contributed by atoms with Gasteiger partial charge in [0.2, 0.25) is 0 Å². The number of benzene rings is 1. The van der Waals surface area contributed by atoms with Crippen LogP contribution in [0.15, 0.2) is 23.2 Å². The van der Waals surface area contributed by atoms with E-state index in [2.05, 4.69) is 26.6 Å². The molecule has 6 nitrogen and oxygen atoms in total. The topological polar surface area (TPSA) is 58.1 Å². The molecule has 0 bridgehead atoms. The number of guanidine groups is 1. The second-order valence-corrected chi connectivity index (χ2v) is 7.20. The molecule has 0 spiro atoms. The van der Waals surface area contributed by atoms with Gasteiger partial charge in [-0.25, -0.2) is 0 Å². The first kappa shape index (κ1) is 22.1. The third-order valence-corrected chi connectivity index (χ3v) is 5.32. The average molecular weight is 488 g/mol. The number of ether oxygens (including phenoxy) is 2. The van der Waals surface area contributed by atoms with E-state index in [1.807, 2.05) is 19.2 Å². The van der Waals surface area contributed by atoms with E-state index >= 15 is 0 Å². The van der Waals surface area contributed by atoms with Crippen molar-refractivity contribution < 1.29 is 9.47 Å². The number of nitrogens with zero attached hydrogens (tertiary/aromatic N) is 2. The minimum atomic E-state index is 0. The van der Waals surface area contributed by atoms with Crippen molar-refractivity contribution in [1.29, 1.82) is 0 Å². The fourth-order valence-electron chi connectivity index (χ4n) is 3.62. The van der Waals surface area contributed by atoms with Crippen LogP contribution in [0, 0.1) is 5.92 Å². The Balaban J connectivity index is 0.00000261. The quantitative estimate of drug-likeness (QED) is 0.335. The van der Waals surface area contributed by atoms with Gasteiger partial charge in [-0.2, -0.15) is 0 Å². The van der Waals surface area contributed by atoms with Crippen LogP contribution in [0.4, 0.5) is 0 Å². The molecule has 1 saturated carbocycles. The maximum Gasteiger partial charge on any atom is 0.190 e. The lowest BCUT2D eigenvalue weighted by Gasteiger charge is -2.17. The minimum Gasteiger partial charge on any atom is -0.493 e. The maximum atomic E-state index is 5.37. The van der Waals surface area contributed by atoms with Gasteiger partial charge >= 0.3 is 0 Å². The monoisotopic (exact) mass is 488 g/mol. The fourth-order valence-corrected chi connectivity index (χ4v) is 3.62. The van der Waals surface area contributed by atoms with Gasteiger partial charge in [0.15, 0.2) is 17.5 Å². The van der Waals surface area contributed by atoms with E-state index in [0.717, 1.165) is 48.9 Å². The molecule has 152 valence electrons. The Morgan fingerprint density at radius 2 is 1.93 bits per heavy atom. The lowest BCUT2D eigenvalue weighted by Crippen LogP contribution is -2.41. The Labute approximate surface area is 180 Å². The molecule has 0 amide bonds. The van der Waals surface area contributed by atoms with Crippen LogP contribution < -0.4 is 20.1 Å². The molecule has 1 saturated heterocycles. The molecule has 1 aromatic carbocycles. The van der Waals surface area contributed by atoms with Gasteiger partial charge in [-0.1, -0.05) is 6.07 Å². The van der Waals surface area contributed by atoms with Crippen molar-refractivity contribution in [3.05, 3.63) is 23.8 Å². The number of hydrogen-bond donors (Lipinski definition) is 2. The van der Waals surface area contributed by atoms with E-state index in [-0.39, 0.29) is 24.0 Å².